The molecule has 0 aliphatic heterocycles. The van der Waals surface area contributed by atoms with Crippen molar-refractivity contribution >= 4 is 0 Å². The number of nitrogens with zero attached hydrogens (tertiary/aromatic N) is 2. The summed E-state index contributed by atoms with van der Waals surface area (Å²) in [6, 6.07) is 0.529. The van der Waals surface area contributed by atoms with Gasteiger partial charge < -0.3 is 5.32 Å². The zero-order chi connectivity index (χ0) is 12.1. The molecule has 0 aromatic carbocycles. The Bertz CT molecular complexity index is 383. The van der Waals surface area contributed by atoms with E-state index in [2.05, 4.69) is 37.1 Å². The lowest BCUT2D eigenvalue weighted by molar-refractivity contribution is 0.588. The van der Waals surface area contributed by atoms with Crippen molar-refractivity contribution in [2.45, 2.75) is 46.7 Å². The summed E-state index contributed by atoms with van der Waals surface area (Å²) in [7, 11) is 0. The minimum absolute atomic E-state index is 0.529. The van der Waals surface area contributed by atoms with Gasteiger partial charge in [0.1, 0.15) is 6.54 Å². The first-order chi connectivity index (χ1) is 7.56. The van der Waals surface area contributed by atoms with Crippen LogP contribution in [-0.2, 0) is 13.0 Å². The zero-order valence-corrected chi connectivity index (χ0v) is 10.7. The maximum Gasteiger partial charge on any atom is 0.102 e. The average molecular weight is 219 g/mol. The molecule has 0 saturated heterocycles. The highest BCUT2D eigenvalue weighted by Gasteiger charge is 2.10. The van der Waals surface area contributed by atoms with Crippen molar-refractivity contribution in [3.63, 3.8) is 0 Å². The Morgan fingerprint density at radius 3 is 2.69 bits per heavy atom. The van der Waals surface area contributed by atoms with Gasteiger partial charge in [0.25, 0.3) is 0 Å². The van der Waals surface area contributed by atoms with Crippen molar-refractivity contribution in [1.82, 2.24) is 15.1 Å². The van der Waals surface area contributed by atoms with Crippen LogP contribution in [0.5, 0.6) is 0 Å². The van der Waals surface area contributed by atoms with E-state index in [0.717, 1.165) is 18.7 Å². The Balaban J connectivity index is 2.69. The van der Waals surface area contributed by atoms with E-state index in [1.165, 1.54) is 11.3 Å². The lowest BCUT2D eigenvalue weighted by Crippen LogP contribution is -2.25. The Hall–Kier alpha value is -1.27. The second-order valence-corrected chi connectivity index (χ2v) is 4.37. The fourth-order valence-electron chi connectivity index (χ4n) is 1.82. The van der Waals surface area contributed by atoms with Crippen molar-refractivity contribution in [3.8, 4) is 12.3 Å². The van der Waals surface area contributed by atoms with Crippen LogP contribution in [0.3, 0.4) is 0 Å². The maximum atomic E-state index is 5.31. The monoisotopic (exact) mass is 219 g/mol. The van der Waals surface area contributed by atoms with Crippen LogP contribution >= 0.6 is 0 Å². The molecule has 0 saturated carbocycles. The predicted octanol–water partition coefficient (Wildman–Crippen LogP) is 1.67. The Kier molecular flexibility index (Phi) is 4.57. The first kappa shape index (κ1) is 12.8. The molecule has 1 aromatic rings. The summed E-state index contributed by atoms with van der Waals surface area (Å²) in [5, 5.41) is 7.86. The third kappa shape index (κ3) is 3.11. The highest BCUT2D eigenvalue weighted by atomic mass is 15.3. The molecule has 0 radical (unpaired) electrons. The van der Waals surface area contributed by atoms with Crippen LogP contribution in [0.25, 0.3) is 0 Å². The molecule has 3 heteroatoms. The van der Waals surface area contributed by atoms with Gasteiger partial charge >= 0.3 is 0 Å². The van der Waals surface area contributed by atoms with Crippen molar-refractivity contribution < 1.29 is 0 Å². The summed E-state index contributed by atoms with van der Waals surface area (Å²) in [6.45, 7) is 9.99. The number of rotatable bonds is 5. The van der Waals surface area contributed by atoms with E-state index in [4.69, 9.17) is 6.42 Å². The van der Waals surface area contributed by atoms with Crippen molar-refractivity contribution in [3.05, 3.63) is 17.0 Å². The first-order valence-electron chi connectivity index (χ1n) is 5.76. The van der Waals surface area contributed by atoms with E-state index >= 15 is 0 Å². The molecular formula is C13H21N3. The second kappa shape index (κ2) is 5.72. The summed E-state index contributed by atoms with van der Waals surface area (Å²) < 4.78 is 1.90. The fourth-order valence-corrected chi connectivity index (χ4v) is 1.82. The smallest absolute Gasteiger partial charge is 0.102 e. The van der Waals surface area contributed by atoms with E-state index in [0.29, 0.717) is 12.6 Å². The average Bonchev–Trinajstić information content (AvgIpc) is 2.45. The molecule has 0 spiro atoms. The number of terminal acetylenes is 1. The molecule has 0 amide bonds. The third-order valence-corrected chi connectivity index (χ3v) is 2.70. The van der Waals surface area contributed by atoms with Gasteiger partial charge in [-0.15, -0.1) is 6.42 Å². The molecule has 0 unspecified atom stereocenters. The molecular weight excluding hydrogens is 198 g/mol. The quantitative estimate of drug-likeness (QED) is 0.764. The largest absolute Gasteiger partial charge is 0.314 e. The molecule has 0 atom stereocenters. The van der Waals surface area contributed by atoms with Gasteiger partial charge in [0, 0.05) is 11.7 Å². The SMILES string of the molecule is C#CCn1nc(C)c(CCNC(C)C)c1C. The maximum absolute atomic E-state index is 5.31. The van der Waals surface area contributed by atoms with Gasteiger partial charge in [-0.2, -0.15) is 5.10 Å². The highest BCUT2D eigenvalue weighted by molar-refractivity contribution is 5.25. The van der Waals surface area contributed by atoms with Gasteiger partial charge in [-0.1, -0.05) is 19.8 Å². The summed E-state index contributed by atoms with van der Waals surface area (Å²) >= 11 is 0. The van der Waals surface area contributed by atoms with E-state index in [9.17, 15) is 0 Å². The van der Waals surface area contributed by atoms with E-state index < -0.39 is 0 Å². The van der Waals surface area contributed by atoms with Crippen LogP contribution in [0.1, 0.15) is 30.8 Å². The van der Waals surface area contributed by atoms with Crippen molar-refractivity contribution in [2.24, 2.45) is 0 Å². The molecule has 0 fully saturated rings. The fraction of sp³-hybridized carbons (Fsp3) is 0.615. The van der Waals surface area contributed by atoms with Gasteiger partial charge in [0.2, 0.25) is 0 Å². The van der Waals surface area contributed by atoms with Crippen LogP contribution in [0.4, 0.5) is 0 Å². The first-order valence-corrected chi connectivity index (χ1v) is 5.76. The van der Waals surface area contributed by atoms with Gasteiger partial charge in [-0.05, 0) is 32.4 Å². The van der Waals surface area contributed by atoms with Crippen LogP contribution in [0.15, 0.2) is 0 Å². The van der Waals surface area contributed by atoms with Crippen LogP contribution in [-0.4, -0.2) is 22.4 Å². The normalized spacial score (nSPS) is 10.8. The number of aromatic nitrogens is 2. The number of hydrogen-bond acceptors (Lipinski definition) is 2. The Morgan fingerprint density at radius 1 is 1.44 bits per heavy atom. The van der Waals surface area contributed by atoms with E-state index in [1.54, 1.807) is 0 Å². The lowest BCUT2D eigenvalue weighted by Gasteiger charge is -2.08. The molecule has 3 nitrogen and oxygen atoms in total. The van der Waals surface area contributed by atoms with Crippen LogP contribution < -0.4 is 5.32 Å². The summed E-state index contributed by atoms with van der Waals surface area (Å²) in [5.41, 5.74) is 3.61. The number of nitrogens with one attached hydrogen (secondary N) is 1. The third-order valence-electron chi connectivity index (χ3n) is 2.70. The zero-order valence-electron chi connectivity index (χ0n) is 10.7. The lowest BCUT2D eigenvalue weighted by atomic mass is 10.1. The molecule has 0 bridgehead atoms. The Morgan fingerprint density at radius 2 is 2.12 bits per heavy atom. The molecule has 1 aromatic heterocycles. The van der Waals surface area contributed by atoms with Crippen molar-refractivity contribution in [1.29, 1.82) is 0 Å². The summed E-state index contributed by atoms with van der Waals surface area (Å²) in [5.74, 6) is 2.62. The van der Waals surface area contributed by atoms with Gasteiger partial charge in [-0.3, -0.25) is 4.68 Å². The Labute approximate surface area is 98.2 Å². The summed E-state index contributed by atoms with van der Waals surface area (Å²) in [6.07, 6.45) is 6.32. The predicted molar refractivity (Wildman–Crippen MR) is 67.4 cm³/mol. The summed E-state index contributed by atoms with van der Waals surface area (Å²) in [4.78, 5) is 0. The molecule has 16 heavy (non-hydrogen) atoms. The van der Waals surface area contributed by atoms with Crippen molar-refractivity contribution in [2.75, 3.05) is 6.54 Å². The molecule has 0 aliphatic rings. The van der Waals surface area contributed by atoms with Gasteiger partial charge in [0.15, 0.2) is 0 Å². The second-order valence-electron chi connectivity index (χ2n) is 4.37. The number of hydrogen-bond donors (Lipinski definition) is 1. The molecule has 88 valence electrons. The topological polar surface area (TPSA) is 29.9 Å². The number of aryl methyl sites for hydroxylation is 1. The van der Waals surface area contributed by atoms with E-state index in [-0.39, 0.29) is 0 Å². The molecule has 1 heterocycles. The van der Waals surface area contributed by atoms with Gasteiger partial charge in [0.05, 0.1) is 5.69 Å². The van der Waals surface area contributed by atoms with Crippen LogP contribution in [0.2, 0.25) is 0 Å². The molecule has 0 aliphatic carbocycles. The van der Waals surface area contributed by atoms with Crippen LogP contribution in [0, 0.1) is 26.2 Å². The molecule has 1 rings (SSSR count). The minimum Gasteiger partial charge on any atom is -0.314 e. The highest BCUT2D eigenvalue weighted by Crippen LogP contribution is 2.13. The standard InChI is InChI=1S/C13H21N3/c1-6-9-16-12(5)13(11(4)15-16)7-8-14-10(2)3/h1,10,14H,7-9H2,2-5H3. The minimum atomic E-state index is 0.529. The van der Waals surface area contributed by atoms with Gasteiger partial charge in [-0.25, -0.2) is 0 Å². The van der Waals surface area contributed by atoms with E-state index in [1.807, 2.05) is 11.6 Å². The molecule has 1 N–H and O–H groups in total.